The average molecular weight is 441 g/mol. The first-order valence-electron chi connectivity index (χ1n) is 10.1. The first-order valence-corrected chi connectivity index (χ1v) is 10.1. The van der Waals surface area contributed by atoms with E-state index in [-0.39, 0.29) is 18.7 Å². The van der Waals surface area contributed by atoms with Gasteiger partial charge in [0.1, 0.15) is 18.0 Å². The van der Waals surface area contributed by atoms with Crippen molar-refractivity contribution in [3.05, 3.63) is 46.9 Å². The Morgan fingerprint density at radius 1 is 1.13 bits per heavy atom. The normalized spacial score (nSPS) is 11.7. The largest absolute Gasteiger partial charge is 0.473 e. The van der Waals surface area contributed by atoms with Gasteiger partial charge in [0.2, 0.25) is 5.88 Å². The Balaban J connectivity index is 2.16. The van der Waals surface area contributed by atoms with E-state index in [4.69, 9.17) is 9.47 Å². The van der Waals surface area contributed by atoms with E-state index in [1.165, 1.54) is 4.90 Å². The van der Waals surface area contributed by atoms with Gasteiger partial charge in [0.15, 0.2) is 11.6 Å². The van der Waals surface area contributed by atoms with Crippen LogP contribution >= 0.6 is 0 Å². The van der Waals surface area contributed by atoms with Crippen LogP contribution in [0.5, 0.6) is 5.88 Å². The molecule has 1 amide bonds. The van der Waals surface area contributed by atoms with Crippen LogP contribution in [0.2, 0.25) is 0 Å². The van der Waals surface area contributed by atoms with Crippen LogP contribution in [0.25, 0.3) is 0 Å². The molecule has 0 atom stereocenters. The van der Waals surface area contributed by atoms with Crippen molar-refractivity contribution < 1.29 is 27.4 Å². The van der Waals surface area contributed by atoms with E-state index in [0.717, 1.165) is 12.5 Å². The Bertz CT molecular complexity index is 907. The number of aryl methyl sites for hydroxylation is 1. The number of benzene rings is 1. The van der Waals surface area contributed by atoms with Crippen molar-refractivity contribution in [2.45, 2.75) is 66.3 Å². The predicted octanol–water partition coefficient (Wildman–Crippen LogP) is 5.29. The third-order valence-electron chi connectivity index (χ3n) is 4.28. The molecule has 0 aliphatic carbocycles. The van der Waals surface area contributed by atoms with Gasteiger partial charge in [-0.1, -0.05) is 13.8 Å². The SMILES string of the molecule is CC(C)CCn1nc(CN(C)C(=O)OC(C)(C)C)cc1OCc1cc(F)c(F)cc1F. The van der Waals surface area contributed by atoms with Crippen molar-refractivity contribution in [3.8, 4) is 5.88 Å². The molecule has 0 saturated heterocycles. The molecule has 0 saturated carbocycles. The highest BCUT2D eigenvalue weighted by molar-refractivity contribution is 5.67. The molecule has 0 fully saturated rings. The molecule has 0 spiro atoms. The molecular weight excluding hydrogens is 411 g/mol. The number of hydrogen-bond donors (Lipinski definition) is 0. The summed E-state index contributed by atoms with van der Waals surface area (Å²) < 4.78 is 53.1. The van der Waals surface area contributed by atoms with Crippen molar-refractivity contribution >= 4 is 6.09 Å². The number of amides is 1. The van der Waals surface area contributed by atoms with Gasteiger partial charge in [0.05, 0.1) is 12.2 Å². The van der Waals surface area contributed by atoms with Gasteiger partial charge in [-0.05, 0) is 39.2 Å². The molecule has 0 unspecified atom stereocenters. The predicted molar refractivity (Wildman–Crippen MR) is 110 cm³/mol. The first-order chi connectivity index (χ1) is 14.4. The van der Waals surface area contributed by atoms with Gasteiger partial charge in [-0.2, -0.15) is 5.10 Å². The van der Waals surface area contributed by atoms with Gasteiger partial charge in [0, 0.05) is 31.3 Å². The summed E-state index contributed by atoms with van der Waals surface area (Å²) >= 11 is 0. The second kappa shape index (κ2) is 10.1. The highest BCUT2D eigenvalue weighted by Gasteiger charge is 2.21. The molecule has 0 aliphatic rings. The fourth-order valence-electron chi connectivity index (χ4n) is 2.66. The van der Waals surface area contributed by atoms with Crippen molar-refractivity contribution in [2.75, 3.05) is 7.05 Å². The molecule has 172 valence electrons. The summed E-state index contributed by atoms with van der Waals surface area (Å²) in [7, 11) is 1.60. The highest BCUT2D eigenvalue weighted by Crippen LogP contribution is 2.21. The zero-order chi connectivity index (χ0) is 23.3. The number of rotatable bonds is 8. The van der Waals surface area contributed by atoms with Crippen LogP contribution in [-0.4, -0.2) is 33.4 Å². The van der Waals surface area contributed by atoms with Gasteiger partial charge in [0.25, 0.3) is 0 Å². The number of carbonyl (C=O) groups excluding carboxylic acids is 1. The molecule has 0 bridgehead atoms. The standard InChI is InChI=1S/C22H30F3N3O3/c1-14(2)7-8-28-20(30-13-15-9-18(24)19(25)11-17(15)23)10-16(26-28)12-27(6)21(29)31-22(3,4)5/h9-11,14H,7-8,12-13H2,1-6H3. The van der Waals surface area contributed by atoms with Crippen LogP contribution in [0.15, 0.2) is 18.2 Å². The molecule has 31 heavy (non-hydrogen) atoms. The van der Waals surface area contributed by atoms with Crippen molar-refractivity contribution in [1.82, 2.24) is 14.7 Å². The number of halogens is 3. The molecule has 1 heterocycles. The number of hydrogen-bond acceptors (Lipinski definition) is 4. The molecule has 2 aromatic rings. The Labute approximate surface area is 180 Å². The van der Waals surface area contributed by atoms with Crippen molar-refractivity contribution in [3.63, 3.8) is 0 Å². The summed E-state index contributed by atoms with van der Waals surface area (Å²) in [4.78, 5) is 13.6. The Hall–Kier alpha value is -2.71. The maximum absolute atomic E-state index is 13.9. The summed E-state index contributed by atoms with van der Waals surface area (Å²) in [5, 5.41) is 4.48. The third-order valence-corrected chi connectivity index (χ3v) is 4.28. The molecule has 0 N–H and O–H groups in total. The molecule has 1 aromatic carbocycles. The van der Waals surface area contributed by atoms with E-state index in [0.29, 0.717) is 30.1 Å². The van der Waals surface area contributed by atoms with Crippen LogP contribution < -0.4 is 4.74 Å². The van der Waals surface area contributed by atoms with Crippen LogP contribution in [0, 0.1) is 23.4 Å². The molecular formula is C22H30F3N3O3. The molecule has 6 nitrogen and oxygen atoms in total. The number of nitrogens with zero attached hydrogens (tertiary/aromatic N) is 3. The molecule has 1 aromatic heterocycles. The van der Waals surface area contributed by atoms with Crippen molar-refractivity contribution in [1.29, 1.82) is 0 Å². The molecule has 0 radical (unpaired) electrons. The Morgan fingerprint density at radius 2 is 1.77 bits per heavy atom. The second-order valence-corrected chi connectivity index (χ2v) is 8.86. The topological polar surface area (TPSA) is 56.6 Å². The lowest BCUT2D eigenvalue weighted by atomic mass is 10.1. The lowest BCUT2D eigenvalue weighted by Crippen LogP contribution is -2.33. The first kappa shape index (κ1) is 24.6. The van der Waals surface area contributed by atoms with E-state index >= 15 is 0 Å². The number of aromatic nitrogens is 2. The van der Waals surface area contributed by atoms with Gasteiger partial charge in [-0.25, -0.2) is 22.6 Å². The fourth-order valence-corrected chi connectivity index (χ4v) is 2.66. The molecule has 9 heteroatoms. The minimum absolute atomic E-state index is 0.108. The lowest BCUT2D eigenvalue weighted by Gasteiger charge is -2.24. The Morgan fingerprint density at radius 3 is 2.39 bits per heavy atom. The van der Waals surface area contributed by atoms with Gasteiger partial charge < -0.3 is 14.4 Å². The second-order valence-electron chi connectivity index (χ2n) is 8.86. The van der Waals surface area contributed by atoms with Crippen LogP contribution in [0.3, 0.4) is 0 Å². The highest BCUT2D eigenvalue weighted by atomic mass is 19.2. The summed E-state index contributed by atoms with van der Waals surface area (Å²) in [5.41, 5.74) is -0.175. The minimum Gasteiger partial charge on any atom is -0.473 e. The smallest absolute Gasteiger partial charge is 0.410 e. The zero-order valence-electron chi connectivity index (χ0n) is 18.8. The molecule has 0 aliphatic heterocycles. The van der Waals surface area contributed by atoms with Gasteiger partial charge in [-0.15, -0.1) is 0 Å². The van der Waals surface area contributed by atoms with E-state index in [9.17, 15) is 18.0 Å². The van der Waals surface area contributed by atoms with Crippen molar-refractivity contribution in [2.24, 2.45) is 5.92 Å². The Kier molecular flexibility index (Phi) is 7.97. The minimum atomic E-state index is -1.25. The summed E-state index contributed by atoms with van der Waals surface area (Å²) in [5.74, 6) is -2.54. The fraction of sp³-hybridized carbons (Fsp3) is 0.545. The number of carbonyl (C=O) groups is 1. The monoisotopic (exact) mass is 441 g/mol. The quantitative estimate of drug-likeness (QED) is 0.522. The van der Waals surface area contributed by atoms with E-state index in [1.54, 1.807) is 38.6 Å². The average Bonchev–Trinajstić information content (AvgIpc) is 3.02. The molecule has 2 rings (SSSR count). The van der Waals surface area contributed by atoms with Gasteiger partial charge >= 0.3 is 6.09 Å². The van der Waals surface area contributed by atoms with Crippen LogP contribution in [0.4, 0.5) is 18.0 Å². The van der Waals surface area contributed by atoms with Gasteiger partial charge in [-0.3, -0.25) is 0 Å². The van der Waals surface area contributed by atoms with Crippen LogP contribution in [-0.2, 0) is 24.4 Å². The summed E-state index contributed by atoms with van der Waals surface area (Å²) in [6, 6.07) is 2.90. The maximum atomic E-state index is 13.9. The summed E-state index contributed by atoms with van der Waals surface area (Å²) in [6.07, 6.45) is 0.328. The number of ether oxygens (including phenoxy) is 2. The van der Waals surface area contributed by atoms with Crippen LogP contribution in [0.1, 0.15) is 52.3 Å². The van der Waals surface area contributed by atoms with E-state index < -0.39 is 29.1 Å². The third kappa shape index (κ3) is 7.48. The van der Waals surface area contributed by atoms with E-state index in [1.807, 2.05) is 0 Å². The van der Waals surface area contributed by atoms with E-state index in [2.05, 4.69) is 18.9 Å². The summed E-state index contributed by atoms with van der Waals surface area (Å²) in [6.45, 7) is 9.91. The maximum Gasteiger partial charge on any atom is 0.410 e. The lowest BCUT2D eigenvalue weighted by molar-refractivity contribution is 0.0283. The zero-order valence-corrected chi connectivity index (χ0v) is 18.8.